The van der Waals surface area contributed by atoms with Gasteiger partial charge in [0.1, 0.15) is 5.76 Å². The average Bonchev–Trinajstić information content (AvgIpc) is 3.20. The summed E-state index contributed by atoms with van der Waals surface area (Å²) < 4.78 is 4.81. The number of aromatic nitrogens is 1. The Balaban J connectivity index is 0.000000219. The smallest absolute Gasteiger partial charge is 0.133 e. The first-order valence-corrected chi connectivity index (χ1v) is 8.25. The quantitative estimate of drug-likeness (QED) is 0.820. The fraction of sp³-hybridized carbons (Fsp3) is 0.350. The first-order chi connectivity index (χ1) is 11.6. The lowest BCUT2D eigenvalue weighted by molar-refractivity contribution is 0.391. The molecule has 2 aromatic rings. The molecule has 0 amide bonds. The van der Waals surface area contributed by atoms with E-state index in [0.717, 1.165) is 47.7 Å². The van der Waals surface area contributed by atoms with Gasteiger partial charge in [-0.3, -0.25) is 4.99 Å². The highest BCUT2D eigenvalue weighted by atomic mass is 16.5. The number of nitriles is 1. The first kappa shape index (κ1) is 17.7. The molecule has 0 fully saturated rings. The molecule has 1 aliphatic heterocycles. The lowest BCUT2D eigenvalue weighted by Crippen LogP contribution is -2.00. The highest BCUT2D eigenvalue weighted by molar-refractivity contribution is 6.26. The summed E-state index contributed by atoms with van der Waals surface area (Å²) in [6, 6.07) is 11.9. The van der Waals surface area contributed by atoms with Crippen LogP contribution < -0.4 is 0 Å². The minimum atomic E-state index is 0.736. The fourth-order valence-electron chi connectivity index (χ4n) is 2.68. The van der Waals surface area contributed by atoms with Crippen molar-refractivity contribution in [2.24, 2.45) is 4.99 Å². The zero-order valence-electron chi connectivity index (χ0n) is 14.8. The van der Waals surface area contributed by atoms with Crippen molar-refractivity contribution in [1.29, 1.82) is 5.26 Å². The van der Waals surface area contributed by atoms with Crippen LogP contribution in [-0.2, 0) is 6.42 Å². The van der Waals surface area contributed by atoms with Crippen molar-refractivity contribution in [2.45, 2.75) is 40.5 Å². The molecular formula is C20H23N3O. The van der Waals surface area contributed by atoms with Crippen molar-refractivity contribution < 1.29 is 4.52 Å². The molecule has 1 aromatic heterocycles. The van der Waals surface area contributed by atoms with E-state index < -0.39 is 0 Å². The standard InChI is InChI=1S/C14H14N2.C6H9NO/c1-3-13-14(10(2)9-16-13)12-7-5-4-6-11(12)8-15;1-3-6-4-5(2)8-7-6/h4-7H,3,9H2,1-2H3;4H,3H2,1-2H3. The van der Waals surface area contributed by atoms with Gasteiger partial charge in [0.15, 0.2) is 0 Å². The van der Waals surface area contributed by atoms with E-state index in [1.165, 1.54) is 11.1 Å². The van der Waals surface area contributed by atoms with Crippen LogP contribution in [0, 0.1) is 18.3 Å². The van der Waals surface area contributed by atoms with Crippen molar-refractivity contribution in [3.05, 3.63) is 58.5 Å². The van der Waals surface area contributed by atoms with Crippen LogP contribution in [0.25, 0.3) is 5.57 Å². The fourth-order valence-corrected chi connectivity index (χ4v) is 2.68. The van der Waals surface area contributed by atoms with Crippen LogP contribution in [0.1, 0.15) is 49.8 Å². The third-order valence-electron chi connectivity index (χ3n) is 3.91. The molecule has 24 heavy (non-hydrogen) atoms. The molecule has 0 bridgehead atoms. The summed E-state index contributed by atoms with van der Waals surface area (Å²) in [5.74, 6) is 0.891. The topological polar surface area (TPSA) is 62.2 Å². The molecule has 4 nitrogen and oxygen atoms in total. The molecule has 2 heterocycles. The Kier molecular flexibility index (Phi) is 6.08. The molecule has 124 valence electrons. The third-order valence-corrected chi connectivity index (χ3v) is 3.91. The summed E-state index contributed by atoms with van der Waals surface area (Å²) in [4.78, 5) is 4.50. The maximum absolute atomic E-state index is 9.11. The second kappa shape index (κ2) is 8.26. The van der Waals surface area contributed by atoms with E-state index in [1.807, 2.05) is 37.3 Å². The van der Waals surface area contributed by atoms with Crippen LogP contribution in [-0.4, -0.2) is 17.4 Å². The molecule has 4 heteroatoms. The Hall–Kier alpha value is -2.67. The van der Waals surface area contributed by atoms with Crippen molar-refractivity contribution in [1.82, 2.24) is 5.16 Å². The lowest BCUT2D eigenvalue weighted by atomic mass is 9.93. The van der Waals surface area contributed by atoms with Crippen molar-refractivity contribution in [3.63, 3.8) is 0 Å². The van der Waals surface area contributed by atoms with E-state index in [1.54, 1.807) is 0 Å². The SMILES string of the molecule is CCC1=NCC(C)=C1c1ccccc1C#N.CCc1cc(C)on1. The predicted octanol–water partition coefficient (Wildman–Crippen LogP) is 4.74. The highest BCUT2D eigenvalue weighted by Gasteiger charge is 2.18. The van der Waals surface area contributed by atoms with E-state index in [0.29, 0.717) is 0 Å². The van der Waals surface area contributed by atoms with Crippen LogP contribution in [0.3, 0.4) is 0 Å². The zero-order chi connectivity index (χ0) is 17.5. The lowest BCUT2D eigenvalue weighted by Gasteiger charge is -2.08. The molecule has 0 saturated heterocycles. The van der Waals surface area contributed by atoms with Gasteiger partial charge in [-0.25, -0.2) is 0 Å². The summed E-state index contributed by atoms with van der Waals surface area (Å²) >= 11 is 0. The summed E-state index contributed by atoms with van der Waals surface area (Å²) in [7, 11) is 0. The second-order valence-corrected chi connectivity index (χ2v) is 5.71. The summed E-state index contributed by atoms with van der Waals surface area (Å²) in [5, 5.41) is 12.9. The molecular weight excluding hydrogens is 298 g/mol. The van der Waals surface area contributed by atoms with Crippen molar-refractivity contribution >= 4 is 11.3 Å². The molecule has 0 N–H and O–H groups in total. The van der Waals surface area contributed by atoms with Gasteiger partial charge < -0.3 is 4.52 Å². The van der Waals surface area contributed by atoms with Crippen LogP contribution in [0.2, 0.25) is 0 Å². The van der Waals surface area contributed by atoms with Crippen LogP contribution in [0.5, 0.6) is 0 Å². The van der Waals surface area contributed by atoms with E-state index in [4.69, 9.17) is 9.78 Å². The van der Waals surface area contributed by atoms with Crippen LogP contribution >= 0.6 is 0 Å². The monoisotopic (exact) mass is 321 g/mol. The Morgan fingerprint density at radius 1 is 1.17 bits per heavy atom. The molecule has 0 spiro atoms. The summed E-state index contributed by atoms with van der Waals surface area (Å²) in [6.07, 6.45) is 1.88. The Labute approximate surface area is 143 Å². The van der Waals surface area contributed by atoms with Crippen molar-refractivity contribution in [3.8, 4) is 6.07 Å². The molecule has 0 aliphatic carbocycles. The maximum Gasteiger partial charge on any atom is 0.133 e. The number of rotatable bonds is 3. The number of nitrogens with zero attached hydrogens (tertiary/aromatic N) is 3. The maximum atomic E-state index is 9.11. The second-order valence-electron chi connectivity index (χ2n) is 5.71. The summed E-state index contributed by atoms with van der Waals surface area (Å²) in [6.45, 7) is 8.92. The van der Waals surface area contributed by atoms with Gasteiger partial charge in [-0.05, 0) is 38.3 Å². The Morgan fingerprint density at radius 3 is 2.46 bits per heavy atom. The average molecular weight is 321 g/mol. The minimum absolute atomic E-state index is 0.736. The highest BCUT2D eigenvalue weighted by Crippen LogP contribution is 2.29. The van der Waals surface area contributed by atoms with Gasteiger partial charge in [0.2, 0.25) is 0 Å². The molecule has 0 radical (unpaired) electrons. The van der Waals surface area contributed by atoms with E-state index in [9.17, 15) is 0 Å². The normalized spacial score (nSPS) is 13.2. The molecule has 1 aromatic carbocycles. The van der Waals surface area contributed by atoms with Gasteiger partial charge in [0.05, 0.1) is 23.9 Å². The first-order valence-electron chi connectivity index (χ1n) is 8.25. The van der Waals surface area contributed by atoms with E-state index in [2.05, 4.69) is 37.0 Å². The molecule has 0 atom stereocenters. The van der Waals surface area contributed by atoms with Gasteiger partial charge in [0, 0.05) is 22.9 Å². The molecule has 1 aliphatic rings. The largest absolute Gasteiger partial charge is 0.361 e. The van der Waals surface area contributed by atoms with E-state index in [-0.39, 0.29) is 0 Å². The van der Waals surface area contributed by atoms with Crippen LogP contribution in [0.4, 0.5) is 0 Å². The predicted molar refractivity (Wildman–Crippen MR) is 97.0 cm³/mol. The number of aliphatic imine (C=N–C) groups is 1. The zero-order valence-corrected chi connectivity index (χ0v) is 14.8. The van der Waals surface area contributed by atoms with Gasteiger partial charge in [-0.1, -0.05) is 37.2 Å². The van der Waals surface area contributed by atoms with Gasteiger partial charge in [-0.15, -0.1) is 0 Å². The van der Waals surface area contributed by atoms with Crippen LogP contribution in [0.15, 0.2) is 45.4 Å². The van der Waals surface area contributed by atoms with Gasteiger partial charge in [0.25, 0.3) is 0 Å². The van der Waals surface area contributed by atoms with Gasteiger partial charge >= 0.3 is 0 Å². The number of allylic oxidation sites excluding steroid dienone is 1. The molecule has 3 rings (SSSR count). The number of hydrogen-bond donors (Lipinski definition) is 0. The Morgan fingerprint density at radius 2 is 1.92 bits per heavy atom. The Bertz CT molecular complexity index is 806. The minimum Gasteiger partial charge on any atom is -0.361 e. The number of benzene rings is 1. The number of hydrogen-bond acceptors (Lipinski definition) is 4. The summed E-state index contributed by atoms with van der Waals surface area (Å²) in [5.41, 5.74) is 6.36. The van der Waals surface area contributed by atoms with Crippen molar-refractivity contribution in [2.75, 3.05) is 6.54 Å². The molecule has 0 unspecified atom stereocenters. The number of aryl methyl sites for hydroxylation is 2. The van der Waals surface area contributed by atoms with E-state index >= 15 is 0 Å². The van der Waals surface area contributed by atoms with Gasteiger partial charge in [-0.2, -0.15) is 5.26 Å². The molecule has 0 saturated carbocycles. The third kappa shape index (κ3) is 3.99.